The highest BCUT2D eigenvalue weighted by Gasteiger charge is 2.20. The molecule has 0 aliphatic heterocycles. The van der Waals surface area contributed by atoms with Crippen LogP contribution in [0, 0.1) is 6.92 Å². The molecule has 1 aromatic carbocycles. The lowest BCUT2D eigenvalue weighted by Crippen LogP contribution is -2.42. The summed E-state index contributed by atoms with van der Waals surface area (Å²) in [6.45, 7) is 7.49. The van der Waals surface area contributed by atoms with Gasteiger partial charge in [-0.25, -0.2) is 4.79 Å². The van der Waals surface area contributed by atoms with E-state index in [1.807, 2.05) is 25.1 Å². The molecule has 0 unspecified atom stereocenters. The highest BCUT2D eigenvalue weighted by atomic mass is 79.9. The van der Waals surface area contributed by atoms with Gasteiger partial charge < -0.3 is 20.5 Å². The zero-order valence-corrected chi connectivity index (χ0v) is 16.1. The number of nitrogens with one attached hydrogen (secondary N) is 1. The number of halogens is 1. The summed E-state index contributed by atoms with van der Waals surface area (Å²) in [4.78, 5) is 23.0. The molecule has 1 aromatic rings. The maximum absolute atomic E-state index is 11.9. The molecule has 0 saturated heterocycles. The summed E-state index contributed by atoms with van der Waals surface area (Å²) in [6.07, 6.45) is -0.0188. The summed E-state index contributed by atoms with van der Waals surface area (Å²) in [6, 6.07) is 5.25. The first-order valence-corrected chi connectivity index (χ1v) is 8.53. The minimum absolute atomic E-state index is 0.154. The fourth-order valence-corrected chi connectivity index (χ4v) is 2.27. The molecule has 0 bridgehead atoms. The summed E-state index contributed by atoms with van der Waals surface area (Å²) in [7, 11) is 0. The Morgan fingerprint density at radius 1 is 1.33 bits per heavy atom. The van der Waals surface area contributed by atoms with Crippen molar-refractivity contribution in [3.63, 3.8) is 0 Å². The van der Waals surface area contributed by atoms with Gasteiger partial charge in [-0.05, 0) is 46.2 Å². The molecule has 0 aliphatic rings. The molecular weight excluding hydrogens is 376 g/mol. The maximum Gasteiger partial charge on any atom is 0.407 e. The smallest absolute Gasteiger partial charge is 0.407 e. The summed E-state index contributed by atoms with van der Waals surface area (Å²) >= 11 is 3.45. The second-order valence-corrected chi connectivity index (χ2v) is 7.38. The van der Waals surface area contributed by atoms with Gasteiger partial charge in [0.1, 0.15) is 18.0 Å². The molecule has 0 spiro atoms. The average Bonchev–Trinajstić information content (AvgIpc) is 2.43. The van der Waals surface area contributed by atoms with E-state index in [2.05, 4.69) is 21.2 Å². The normalized spacial score (nSPS) is 12.4. The van der Waals surface area contributed by atoms with Crippen LogP contribution >= 0.6 is 15.9 Å². The lowest BCUT2D eigenvalue weighted by Gasteiger charge is -2.24. The van der Waals surface area contributed by atoms with Crippen LogP contribution in [0.4, 0.5) is 4.79 Å². The summed E-state index contributed by atoms with van der Waals surface area (Å²) in [5.41, 5.74) is 5.56. The first kappa shape index (κ1) is 20.3. The molecule has 0 saturated carbocycles. The molecule has 0 aromatic heterocycles. The van der Waals surface area contributed by atoms with Crippen LogP contribution in [0.15, 0.2) is 22.7 Å². The molecule has 6 nitrogen and oxygen atoms in total. The lowest BCUT2D eigenvalue weighted by molar-refractivity contribution is -0.118. The third-order valence-corrected chi connectivity index (χ3v) is 3.98. The lowest BCUT2D eigenvalue weighted by atomic mass is 10.1. The number of amides is 2. The third kappa shape index (κ3) is 7.68. The molecule has 3 N–H and O–H groups in total. The minimum Gasteiger partial charge on any atom is -0.491 e. The van der Waals surface area contributed by atoms with E-state index in [-0.39, 0.29) is 19.1 Å². The van der Waals surface area contributed by atoms with E-state index in [1.54, 1.807) is 20.8 Å². The van der Waals surface area contributed by atoms with Gasteiger partial charge in [0.05, 0.1) is 6.04 Å². The Morgan fingerprint density at radius 2 is 2.00 bits per heavy atom. The number of hydrogen-bond donors (Lipinski definition) is 2. The predicted octanol–water partition coefficient (Wildman–Crippen LogP) is 3.30. The molecule has 2 amide bonds. The second kappa shape index (κ2) is 8.92. The van der Waals surface area contributed by atoms with E-state index in [4.69, 9.17) is 15.2 Å². The molecule has 0 heterocycles. The molecular formula is C17H25BrN2O4. The molecule has 0 aliphatic carbocycles. The Bertz CT molecular complexity index is 584. The zero-order valence-electron chi connectivity index (χ0n) is 14.5. The molecule has 1 rings (SSSR count). The number of rotatable bonds is 7. The van der Waals surface area contributed by atoms with E-state index < -0.39 is 17.6 Å². The van der Waals surface area contributed by atoms with Crippen molar-refractivity contribution in [2.75, 3.05) is 6.61 Å². The van der Waals surface area contributed by atoms with Crippen LogP contribution in [-0.2, 0) is 9.53 Å². The number of carbonyl (C=O) groups is 2. The summed E-state index contributed by atoms with van der Waals surface area (Å²) < 4.78 is 12.0. The molecule has 24 heavy (non-hydrogen) atoms. The molecule has 1 atom stereocenters. The molecule has 134 valence electrons. The van der Waals surface area contributed by atoms with E-state index >= 15 is 0 Å². The van der Waals surface area contributed by atoms with Gasteiger partial charge in [0.2, 0.25) is 5.91 Å². The number of benzene rings is 1. The predicted molar refractivity (Wildman–Crippen MR) is 96.0 cm³/mol. The van der Waals surface area contributed by atoms with Crippen molar-refractivity contribution in [3.8, 4) is 5.75 Å². The van der Waals surface area contributed by atoms with Crippen molar-refractivity contribution in [1.29, 1.82) is 0 Å². The number of carbonyl (C=O) groups excluding carboxylic acids is 2. The number of alkyl carbamates (subject to hydrolysis) is 1. The fraction of sp³-hybridized carbons (Fsp3) is 0.529. The van der Waals surface area contributed by atoms with E-state index in [0.717, 1.165) is 10.0 Å². The van der Waals surface area contributed by atoms with Crippen molar-refractivity contribution in [3.05, 3.63) is 28.2 Å². The zero-order chi connectivity index (χ0) is 18.3. The topological polar surface area (TPSA) is 90.6 Å². The molecule has 0 radical (unpaired) electrons. The van der Waals surface area contributed by atoms with Gasteiger partial charge in [0.15, 0.2) is 0 Å². The Hall–Kier alpha value is -1.76. The van der Waals surface area contributed by atoms with Gasteiger partial charge in [0, 0.05) is 16.5 Å². The number of primary amides is 1. The van der Waals surface area contributed by atoms with Gasteiger partial charge in [-0.15, -0.1) is 0 Å². The van der Waals surface area contributed by atoms with Crippen molar-refractivity contribution in [2.45, 2.75) is 52.2 Å². The van der Waals surface area contributed by atoms with E-state index in [1.165, 1.54) is 0 Å². The first-order chi connectivity index (χ1) is 11.1. The Balaban J connectivity index is 2.69. The highest BCUT2D eigenvalue weighted by molar-refractivity contribution is 9.10. The fourth-order valence-electron chi connectivity index (χ4n) is 1.92. The summed E-state index contributed by atoms with van der Waals surface area (Å²) in [5.74, 6) is 0.282. The summed E-state index contributed by atoms with van der Waals surface area (Å²) in [5, 5.41) is 2.73. The quantitative estimate of drug-likeness (QED) is 0.734. The van der Waals surface area contributed by atoms with Crippen molar-refractivity contribution >= 4 is 27.9 Å². The highest BCUT2D eigenvalue weighted by Crippen LogP contribution is 2.25. The largest absolute Gasteiger partial charge is 0.491 e. The number of hydrogen-bond acceptors (Lipinski definition) is 4. The standard InChI is InChI=1S/C17H25BrN2O4/c1-11-13(18)6-5-7-14(11)23-10-12(8-9-15(19)21)20-16(22)24-17(2,3)4/h5-7,12H,8-10H2,1-4H3,(H2,19,21)(H,20,22)/t12-/m0/s1. The van der Waals surface area contributed by atoms with Crippen LogP contribution < -0.4 is 15.8 Å². The number of ether oxygens (including phenoxy) is 2. The second-order valence-electron chi connectivity index (χ2n) is 6.52. The van der Waals surface area contributed by atoms with E-state index in [9.17, 15) is 9.59 Å². The van der Waals surface area contributed by atoms with Crippen LogP contribution in [-0.4, -0.2) is 30.3 Å². The Morgan fingerprint density at radius 3 is 2.58 bits per heavy atom. The van der Waals surface area contributed by atoms with Gasteiger partial charge in [-0.1, -0.05) is 22.0 Å². The van der Waals surface area contributed by atoms with Crippen LogP contribution in [0.2, 0.25) is 0 Å². The minimum atomic E-state index is -0.597. The number of nitrogens with two attached hydrogens (primary N) is 1. The van der Waals surface area contributed by atoms with Gasteiger partial charge >= 0.3 is 6.09 Å². The van der Waals surface area contributed by atoms with Crippen molar-refractivity contribution in [2.24, 2.45) is 5.73 Å². The average molecular weight is 401 g/mol. The molecule has 0 fully saturated rings. The SMILES string of the molecule is Cc1c(Br)cccc1OC[C@H](CCC(N)=O)NC(=O)OC(C)(C)C. The van der Waals surface area contributed by atoms with Gasteiger partial charge in [0.25, 0.3) is 0 Å². The Kier molecular flexibility index (Phi) is 7.54. The van der Waals surface area contributed by atoms with Crippen molar-refractivity contribution in [1.82, 2.24) is 5.32 Å². The van der Waals surface area contributed by atoms with Crippen LogP contribution in [0.3, 0.4) is 0 Å². The van der Waals surface area contributed by atoms with Crippen LogP contribution in [0.25, 0.3) is 0 Å². The van der Waals surface area contributed by atoms with E-state index in [0.29, 0.717) is 12.2 Å². The van der Waals surface area contributed by atoms with Crippen LogP contribution in [0.1, 0.15) is 39.2 Å². The van der Waals surface area contributed by atoms with Gasteiger partial charge in [-0.3, -0.25) is 4.79 Å². The first-order valence-electron chi connectivity index (χ1n) is 7.74. The van der Waals surface area contributed by atoms with Gasteiger partial charge in [-0.2, -0.15) is 0 Å². The monoisotopic (exact) mass is 400 g/mol. The molecule has 7 heteroatoms. The Labute approximate surface area is 151 Å². The van der Waals surface area contributed by atoms with Crippen LogP contribution in [0.5, 0.6) is 5.75 Å². The maximum atomic E-state index is 11.9. The third-order valence-electron chi connectivity index (χ3n) is 3.12. The van der Waals surface area contributed by atoms with Crippen molar-refractivity contribution < 1.29 is 19.1 Å².